The summed E-state index contributed by atoms with van der Waals surface area (Å²) in [4.78, 5) is 25.7. The summed E-state index contributed by atoms with van der Waals surface area (Å²) in [5.74, 6) is 2.02. The summed E-state index contributed by atoms with van der Waals surface area (Å²) in [5, 5.41) is 0. The molecule has 0 aromatic rings. The molecule has 178 valence electrons. The summed E-state index contributed by atoms with van der Waals surface area (Å²) in [5.41, 5.74) is 2.22. The number of rotatable bonds is 1. The lowest BCUT2D eigenvalue weighted by atomic mass is 9.33. The van der Waals surface area contributed by atoms with E-state index in [1.165, 1.54) is 38.4 Å². The number of hydrogen-bond donors (Lipinski definition) is 0. The number of carbonyl (C=O) groups is 2. The Balaban J connectivity index is 1.60. The van der Waals surface area contributed by atoms with Crippen LogP contribution in [-0.4, -0.2) is 12.1 Å². The third kappa shape index (κ3) is 2.65. The maximum atomic E-state index is 13.6. The van der Waals surface area contributed by atoms with Crippen LogP contribution in [0.3, 0.4) is 0 Å². The normalized spacial score (nSPS) is 54.4. The van der Waals surface area contributed by atoms with Gasteiger partial charge in [-0.3, -0.25) is 4.79 Å². The highest BCUT2D eigenvalue weighted by Crippen LogP contribution is 2.75. The first kappa shape index (κ1) is 22.9. The van der Waals surface area contributed by atoms with Crippen LogP contribution in [0.4, 0.5) is 0 Å². The summed E-state index contributed by atoms with van der Waals surface area (Å²) in [6, 6.07) is 0. The van der Waals surface area contributed by atoms with Crippen LogP contribution in [0.2, 0.25) is 0 Å². The second-order valence-electron chi connectivity index (χ2n) is 14.7. The van der Waals surface area contributed by atoms with E-state index in [-0.39, 0.29) is 27.1 Å². The first-order valence-corrected chi connectivity index (χ1v) is 13.5. The van der Waals surface area contributed by atoms with Gasteiger partial charge in [-0.2, -0.15) is 0 Å². The highest BCUT2D eigenvalue weighted by molar-refractivity contribution is 5.86. The Morgan fingerprint density at radius 2 is 1.56 bits per heavy atom. The zero-order valence-corrected chi connectivity index (χ0v) is 21.8. The van der Waals surface area contributed by atoms with Crippen molar-refractivity contribution in [2.45, 2.75) is 113 Å². The van der Waals surface area contributed by atoms with Gasteiger partial charge in [0.05, 0.1) is 0 Å². The van der Waals surface area contributed by atoms with Gasteiger partial charge in [0, 0.05) is 17.3 Å². The average molecular weight is 439 g/mol. The predicted molar refractivity (Wildman–Crippen MR) is 130 cm³/mol. The zero-order chi connectivity index (χ0) is 23.4. The van der Waals surface area contributed by atoms with E-state index in [4.69, 9.17) is 0 Å². The van der Waals surface area contributed by atoms with Gasteiger partial charge in [-0.25, -0.2) is 0 Å². The molecule has 4 saturated carbocycles. The van der Waals surface area contributed by atoms with Crippen molar-refractivity contribution in [3.05, 3.63) is 11.6 Å². The molecule has 0 heterocycles. The van der Waals surface area contributed by atoms with Gasteiger partial charge < -0.3 is 4.79 Å². The van der Waals surface area contributed by atoms with Crippen LogP contribution in [0, 0.1) is 50.2 Å². The molecule has 4 fully saturated rings. The van der Waals surface area contributed by atoms with Gasteiger partial charge >= 0.3 is 0 Å². The van der Waals surface area contributed by atoms with Crippen molar-refractivity contribution >= 4 is 12.1 Å². The molecule has 0 spiro atoms. The average Bonchev–Trinajstić information content (AvgIpc) is 2.73. The molecule has 2 heteroatoms. The maximum Gasteiger partial charge on any atom is 0.139 e. The lowest BCUT2D eigenvalue weighted by Gasteiger charge is -2.70. The van der Waals surface area contributed by atoms with Crippen LogP contribution >= 0.6 is 0 Å². The SMILES string of the molecule is CC1(C=O)CC[C@]2(C)CC[C@]3(C)C(=CC[C@@H]4[C@@]5(C)C(=O)CCC(C)(C)C5CC[C@]43C)[C@H]2C1. The van der Waals surface area contributed by atoms with Gasteiger partial charge in [0.15, 0.2) is 0 Å². The largest absolute Gasteiger partial charge is 0.303 e. The number of allylic oxidation sites excluding steroid dienone is 2. The molecule has 5 rings (SSSR count). The Morgan fingerprint density at radius 3 is 2.25 bits per heavy atom. The summed E-state index contributed by atoms with van der Waals surface area (Å²) in [6.07, 6.45) is 14.9. The van der Waals surface area contributed by atoms with Crippen LogP contribution in [0.5, 0.6) is 0 Å². The van der Waals surface area contributed by atoms with Crippen LogP contribution in [0.15, 0.2) is 11.6 Å². The van der Waals surface area contributed by atoms with Crippen molar-refractivity contribution in [3.63, 3.8) is 0 Å². The van der Waals surface area contributed by atoms with Gasteiger partial charge in [0.25, 0.3) is 0 Å². The molecular formula is C30H46O2. The second kappa shape index (κ2) is 6.60. The minimum absolute atomic E-state index is 0.150. The summed E-state index contributed by atoms with van der Waals surface area (Å²) >= 11 is 0. The van der Waals surface area contributed by atoms with Gasteiger partial charge in [-0.15, -0.1) is 0 Å². The third-order valence-electron chi connectivity index (χ3n) is 12.8. The zero-order valence-electron chi connectivity index (χ0n) is 21.8. The quantitative estimate of drug-likeness (QED) is 0.313. The Kier molecular flexibility index (Phi) is 4.71. The molecule has 0 bridgehead atoms. The van der Waals surface area contributed by atoms with Crippen LogP contribution in [0.1, 0.15) is 113 Å². The summed E-state index contributed by atoms with van der Waals surface area (Å²) < 4.78 is 0. The molecule has 2 nitrogen and oxygen atoms in total. The predicted octanol–water partition coefficient (Wildman–Crippen LogP) is 7.56. The van der Waals surface area contributed by atoms with Crippen molar-refractivity contribution in [2.24, 2.45) is 50.2 Å². The fourth-order valence-corrected chi connectivity index (χ4v) is 10.2. The molecular weight excluding hydrogens is 392 g/mol. The molecule has 2 unspecified atom stereocenters. The molecule has 8 atom stereocenters. The smallest absolute Gasteiger partial charge is 0.139 e. The van der Waals surface area contributed by atoms with Crippen LogP contribution < -0.4 is 0 Å². The molecule has 5 aliphatic carbocycles. The van der Waals surface area contributed by atoms with Gasteiger partial charge in [-0.05, 0) is 97.2 Å². The number of Topliss-reactive ketones (excluding diaryl/α,β-unsaturated/α-hetero) is 1. The summed E-state index contributed by atoms with van der Waals surface area (Å²) in [6.45, 7) is 17.0. The minimum Gasteiger partial charge on any atom is -0.303 e. The number of ketones is 1. The topological polar surface area (TPSA) is 34.1 Å². The molecule has 0 amide bonds. The molecule has 0 radical (unpaired) electrons. The maximum absolute atomic E-state index is 13.6. The lowest BCUT2D eigenvalue weighted by Crippen LogP contribution is -2.65. The van der Waals surface area contributed by atoms with E-state index in [0.29, 0.717) is 29.0 Å². The van der Waals surface area contributed by atoms with Gasteiger partial charge in [-0.1, -0.05) is 60.1 Å². The van der Waals surface area contributed by atoms with Crippen molar-refractivity contribution < 1.29 is 9.59 Å². The fourth-order valence-electron chi connectivity index (χ4n) is 10.2. The Hall–Kier alpha value is -0.920. The number of carbonyl (C=O) groups excluding carboxylic acids is 2. The first-order valence-electron chi connectivity index (χ1n) is 13.5. The van der Waals surface area contributed by atoms with E-state index < -0.39 is 0 Å². The molecule has 0 N–H and O–H groups in total. The van der Waals surface area contributed by atoms with Crippen LogP contribution in [-0.2, 0) is 9.59 Å². The summed E-state index contributed by atoms with van der Waals surface area (Å²) in [7, 11) is 0. The Bertz CT molecular complexity index is 883. The lowest BCUT2D eigenvalue weighted by molar-refractivity contribution is -0.186. The van der Waals surface area contributed by atoms with E-state index in [1.54, 1.807) is 5.57 Å². The van der Waals surface area contributed by atoms with E-state index in [0.717, 1.165) is 32.1 Å². The first-order chi connectivity index (χ1) is 14.8. The number of aldehydes is 1. The van der Waals surface area contributed by atoms with Crippen LogP contribution in [0.25, 0.3) is 0 Å². The van der Waals surface area contributed by atoms with Crippen molar-refractivity contribution in [1.29, 1.82) is 0 Å². The second-order valence-corrected chi connectivity index (χ2v) is 14.7. The van der Waals surface area contributed by atoms with Crippen molar-refractivity contribution in [1.82, 2.24) is 0 Å². The fraction of sp³-hybridized carbons (Fsp3) is 0.867. The monoisotopic (exact) mass is 438 g/mol. The Labute approximate surface area is 196 Å². The van der Waals surface area contributed by atoms with E-state index in [9.17, 15) is 9.59 Å². The molecule has 0 saturated heterocycles. The van der Waals surface area contributed by atoms with E-state index in [2.05, 4.69) is 54.5 Å². The minimum atomic E-state index is -0.190. The molecule has 0 aromatic heterocycles. The van der Waals surface area contributed by atoms with Gasteiger partial charge in [0.1, 0.15) is 12.1 Å². The standard InChI is InChI=1S/C30H46O2/c1-25(2)12-11-24(32)30(7)22(25)10-13-29(6)23(30)9-8-20-21-18-26(3,19-31)14-15-27(21,4)16-17-28(20,29)5/h8,19,21-23H,9-18H2,1-7H3/t21-,22?,23+,26?,27-,28-,29-,30+/m1/s1. The molecule has 32 heavy (non-hydrogen) atoms. The highest BCUT2D eigenvalue weighted by Gasteiger charge is 2.68. The molecule has 0 aliphatic heterocycles. The highest BCUT2D eigenvalue weighted by atomic mass is 16.1. The third-order valence-corrected chi connectivity index (χ3v) is 12.8. The Morgan fingerprint density at radius 1 is 0.875 bits per heavy atom. The molecule has 5 aliphatic rings. The van der Waals surface area contributed by atoms with Crippen molar-refractivity contribution in [3.8, 4) is 0 Å². The van der Waals surface area contributed by atoms with E-state index in [1.807, 2.05) is 0 Å². The number of fused-ring (bicyclic) bond motifs is 7. The van der Waals surface area contributed by atoms with E-state index >= 15 is 0 Å². The van der Waals surface area contributed by atoms with Gasteiger partial charge in [0.2, 0.25) is 0 Å². The van der Waals surface area contributed by atoms with Crippen molar-refractivity contribution in [2.75, 3.05) is 0 Å². The molecule has 0 aromatic carbocycles. The number of hydrogen-bond acceptors (Lipinski definition) is 2.